The molecule has 1 heterocycles. The van der Waals surface area contributed by atoms with E-state index in [0.717, 1.165) is 19.5 Å². The average molecular weight is 164 g/mol. The molecule has 1 saturated heterocycles. The van der Waals surface area contributed by atoms with Crippen LogP contribution in [0.4, 0.5) is 0 Å². The number of nitrogens with zero attached hydrogens (tertiary/aromatic N) is 1. The number of rotatable bonds is 3. The van der Waals surface area contributed by atoms with Crippen molar-refractivity contribution in [2.24, 2.45) is 0 Å². The predicted molar refractivity (Wildman–Crippen MR) is 42.4 cm³/mol. The second kappa shape index (κ2) is 4.16. The maximum Gasteiger partial charge on any atom is 0.0586 e. The van der Waals surface area contributed by atoms with Crippen LogP contribution in [0.1, 0.15) is 12.8 Å². The van der Waals surface area contributed by atoms with Crippen molar-refractivity contribution in [3.63, 3.8) is 0 Å². The zero-order chi connectivity index (χ0) is 7.40. The minimum Gasteiger partial charge on any atom is -0.395 e. The molecule has 0 aliphatic carbocycles. The minimum absolute atomic E-state index is 0.289. The Labute approximate surface area is 66.8 Å². The zero-order valence-corrected chi connectivity index (χ0v) is 6.85. The molecule has 0 spiro atoms. The van der Waals surface area contributed by atoms with Crippen molar-refractivity contribution in [3.05, 3.63) is 0 Å². The Morgan fingerprint density at radius 2 is 2.40 bits per heavy atom. The van der Waals surface area contributed by atoms with Crippen LogP contribution in [-0.2, 0) is 0 Å². The molecule has 1 atom stereocenters. The summed E-state index contributed by atoms with van der Waals surface area (Å²) in [5.74, 6) is 0.677. The van der Waals surface area contributed by atoms with E-state index in [9.17, 15) is 0 Å². The number of hydrogen-bond acceptors (Lipinski definition) is 2. The summed E-state index contributed by atoms with van der Waals surface area (Å²) in [6.45, 7) is 2.32. The van der Waals surface area contributed by atoms with Crippen LogP contribution in [0.15, 0.2) is 0 Å². The molecule has 0 aromatic heterocycles. The summed E-state index contributed by atoms with van der Waals surface area (Å²) in [7, 11) is 0. The van der Waals surface area contributed by atoms with Crippen molar-refractivity contribution in [1.29, 1.82) is 0 Å². The van der Waals surface area contributed by atoms with Gasteiger partial charge in [-0.1, -0.05) is 0 Å². The molecule has 60 valence electrons. The summed E-state index contributed by atoms with van der Waals surface area (Å²) >= 11 is 5.58. The van der Waals surface area contributed by atoms with Crippen LogP contribution >= 0.6 is 11.6 Å². The van der Waals surface area contributed by atoms with E-state index in [1.54, 1.807) is 0 Å². The Bertz CT molecular complexity index is 99.6. The smallest absolute Gasteiger partial charge is 0.0586 e. The fraction of sp³-hybridized carbons (Fsp3) is 1.00. The Balaban J connectivity index is 2.27. The second-order valence-electron chi connectivity index (χ2n) is 2.70. The summed E-state index contributed by atoms with van der Waals surface area (Å²) in [5, 5.41) is 8.88. The highest BCUT2D eigenvalue weighted by Crippen LogP contribution is 2.15. The van der Waals surface area contributed by atoms with Crippen LogP contribution in [-0.4, -0.2) is 41.6 Å². The van der Waals surface area contributed by atoms with Crippen LogP contribution < -0.4 is 0 Å². The van der Waals surface area contributed by atoms with Crippen LogP contribution in [0, 0.1) is 0 Å². The van der Waals surface area contributed by atoms with Gasteiger partial charge >= 0.3 is 0 Å². The van der Waals surface area contributed by atoms with Gasteiger partial charge in [0.05, 0.1) is 6.61 Å². The molecule has 0 saturated carbocycles. The summed E-state index contributed by atoms with van der Waals surface area (Å²) in [6.07, 6.45) is 2.34. The largest absolute Gasteiger partial charge is 0.395 e. The van der Waals surface area contributed by atoms with Gasteiger partial charge in [0.15, 0.2) is 0 Å². The topological polar surface area (TPSA) is 23.5 Å². The van der Waals surface area contributed by atoms with E-state index < -0.39 is 0 Å². The first-order chi connectivity index (χ1) is 4.88. The molecule has 0 aromatic rings. The summed E-state index contributed by atoms with van der Waals surface area (Å²) in [4.78, 5) is 2.26. The van der Waals surface area contributed by atoms with E-state index in [2.05, 4.69) is 4.90 Å². The molecule has 2 nitrogen and oxygen atoms in total. The average Bonchev–Trinajstić information content (AvgIpc) is 2.36. The van der Waals surface area contributed by atoms with Gasteiger partial charge in [-0.3, -0.25) is 4.90 Å². The van der Waals surface area contributed by atoms with Crippen LogP contribution in [0.25, 0.3) is 0 Å². The molecule has 3 heteroatoms. The third-order valence-corrected chi connectivity index (χ3v) is 2.25. The van der Waals surface area contributed by atoms with Gasteiger partial charge in [0.1, 0.15) is 0 Å². The number of halogens is 1. The molecule has 1 fully saturated rings. The molecule has 1 unspecified atom stereocenters. The lowest BCUT2D eigenvalue weighted by atomic mass is 10.2. The highest BCUT2D eigenvalue weighted by Gasteiger charge is 2.22. The summed E-state index contributed by atoms with van der Waals surface area (Å²) < 4.78 is 0. The van der Waals surface area contributed by atoms with Crippen LogP contribution in [0.2, 0.25) is 0 Å². The fourth-order valence-corrected chi connectivity index (χ4v) is 1.72. The quantitative estimate of drug-likeness (QED) is 0.619. The van der Waals surface area contributed by atoms with Gasteiger partial charge in [0, 0.05) is 18.5 Å². The Kier molecular flexibility index (Phi) is 3.46. The number of alkyl halides is 1. The molecule has 0 radical (unpaired) electrons. The lowest BCUT2D eigenvalue weighted by Crippen LogP contribution is -2.33. The number of hydrogen-bond donors (Lipinski definition) is 1. The van der Waals surface area contributed by atoms with Crippen molar-refractivity contribution in [2.75, 3.05) is 25.6 Å². The first kappa shape index (κ1) is 8.31. The first-order valence-corrected chi connectivity index (χ1v) is 4.33. The zero-order valence-electron chi connectivity index (χ0n) is 6.09. The molecule has 0 aromatic carbocycles. The molecule has 0 bridgehead atoms. The van der Waals surface area contributed by atoms with Crippen molar-refractivity contribution < 1.29 is 5.11 Å². The van der Waals surface area contributed by atoms with Crippen molar-refractivity contribution in [3.8, 4) is 0 Å². The van der Waals surface area contributed by atoms with E-state index in [1.807, 2.05) is 0 Å². The fourth-order valence-electron chi connectivity index (χ4n) is 1.50. The van der Waals surface area contributed by atoms with Crippen LogP contribution in [0.5, 0.6) is 0 Å². The van der Waals surface area contributed by atoms with Gasteiger partial charge in [-0.2, -0.15) is 0 Å². The van der Waals surface area contributed by atoms with Crippen molar-refractivity contribution in [2.45, 2.75) is 18.9 Å². The third kappa shape index (κ3) is 1.84. The summed E-state index contributed by atoms with van der Waals surface area (Å²) in [6, 6.07) is 0.388. The first-order valence-electron chi connectivity index (χ1n) is 3.79. The highest BCUT2D eigenvalue weighted by atomic mass is 35.5. The van der Waals surface area contributed by atoms with E-state index >= 15 is 0 Å². The van der Waals surface area contributed by atoms with Gasteiger partial charge in [-0.15, -0.1) is 11.6 Å². The normalized spacial score (nSPS) is 27.6. The van der Waals surface area contributed by atoms with Gasteiger partial charge in [0.25, 0.3) is 0 Å². The molecule has 1 N–H and O–H groups in total. The molecule has 1 aliphatic rings. The maximum absolute atomic E-state index is 8.88. The van der Waals surface area contributed by atoms with Gasteiger partial charge in [0.2, 0.25) is 0 Å². The lowest BCUT2D eigenvalue weighted by Gasteiger charge is -2.20. The third-order valence-electron chi connectivity index (χ3n) is 2.08. The molecule has 1 rings (SSSR count). The van der Waals surface area contributed by atoms with Gasteiger partial charge in [-0.05, 0) is 19.4 Å². The predicted octanol–water partition coefficient (Wildman–Crippen LogP) is 0.682. The monoisotopic (exact) mass is 163 g/mol. The number of aliphatic hydroxyl groups excluding tert-OH is 1. The molecular weight excluding hydrogens is 150 g/mol. The van der Waals surface area contributed by atoms with Gasteiger partial charge < -0.3 is 5.11 Å². The standard InChI is InChI=1S/C7H14ClNO/c8-3-5-9-4-1-2-7(9)6-10/h7,10H,1-6H2. The number of likely N-dealkylation sites (tertiary alicyclic amines) is 1. The SMILES string of the molecule is OCC1CCCN1CCCl. The summed E-state index contributed by atoms with van der Waals surface area (Å²) in [5.41, 5.74) is 0. The molecule has 1 aliphatic heterocycles. The maximum atomic E-state index is 8.88. The number of aliphatic hydroxyl groups is 1. The Morgan fingerprint density at radius 3 is 3.00 bits per heavy atom. The Morgan fingerprint density at radius 1 is 1.60 bits per heavy atom. The van der Waals surface area contributed by atoms with Crippen molar-refractivity contribution >= 4 is 11.6 Å². The Hall–Kier alpha value is 0.210. The van der Waals surface area contributed by atoms with E-state index in [0.29, 0.717) is 11.9 Å². The van der Waals surface area contributed by atoms with Crippen LogP contribution in [0.3, 0.4) is 0 Å². The molecule has 10 heavy (non-hydrogen) atoms. The minimum atomic E-state index is 0.289. The van der Waals surface area contributed by atoms with Crippen molar-refractivity contribution in [1.82, 2.24) is 4.90 Å². The lowest BCUT2D eigenvalue weighted by molar-refractivity contribution is 0.165. The van der Waals surface area contributed by atoms with E-state index in [4.69, 9.17) is 16.7 Å². The van der Waals surface area contributed by atoms with Gasteiger partial charge in [-0.25, -0.2) is 0 Å². The second-order valence-corrected chi connectivity index (χ2v) is 3.08. The molecular formula is C7H14ClNO. The highest BCUT2D eigenvalue weighted by molar-refractivity contribution is 6.18. The van der Waals surface area contributed by atoms with E-state index in [1.165, 1.54) is 6.42 Å². The van der Waals surface area contributed by atoms with E-state index in [-0.39, 0.29) is 6.61 Å². The molecule has 0 amide bonds.